The zero-order chi connectivity index (χ0) is 29.5. The topological polar surface area (TPSA) is 23.4 Å². The lowest BCUT2D eigenvalue weighted by Gasteiger charge is -2.32. The Labute approximate surface area is 242 Å². The van der Waals surface area contributed by atoms with Crippen LogP contribution in [0.25, 0.3) is 38.6 Å². The minimum atomic E-state index is -0.388. The van der Waals surface area contributed by atoms with E-state index in [9.17, 15) is 0 Å². The third-order valence-electron chi connectivity index (χ3n) is 7.46. The zero-order valence-corrected chi connectivity index (χ0v) is 26.1. The van der Waals surface area contributed by atoms with E-state index in [4.69, 9.17) is 9.31 Å². The number of para-hydroxylation sites is 1. The fourth-order valence-corrected chi connectivity index (χ4v) is 4.83. The summed E-state index contributed by atoms with van der Waals surface area (Å²) in [6.07, 6.45) is 0. The van der Waals surface area contributed by atoms with Gasteiger partial charge < -0.3 is 13.9 Å². The zero-order valence-electron chi connectivity index (χ0n) is 26.1. The van der Waals surface area contributed by atoms with Crippen LogP contribution in [0.3, 0.4) is 0 Å². The van der Waals surface area contributed by atoms with E-state index in [1.54, 1.807) is 0 Å². The molecule has 1 saturated heterocycles. The molecule has 0 radical (unpaired) electrons. The molecule has 210 valence electrons. The molecule has 0 atom stereocenters. The van der Waals surface area contributed by atoms with Gasteiger partial charge in [0, 0.05) is 16.5 Å². The molecule has 0 aliphatic carbocycles. The summed E-state index contributed by atoms with van der Waals surface area (Å²) in [7, 11) is -0.388. The smallest absolute Gasteiger partial charge is 0.399 e. The first-order chi connectivity index (χ1) is 19.3. The van der Waals surface area contributed by atoms with E-state index in [0.717, 1.165) is 16.7 Å². The lowest BCUT2D eigenvalue weighted by atomic mass is 9.79. The highest BCUT2D eigenvalue weighted by Gasteiger charge is 2.51. The maximum absolute atomic E-state index is 6.35. The average Bonchev–Trinajstić information content (AvgIpc) is 3.45. The van der Waals surface area contributed by atoms with Crippen LogP contribution in [0.15, 0.2) is 97.1 Å². The minimum absolute atomic E-state index is 0.368. The summed E-state index contributed by atoms with van der Waals surface area (Å²) in [5, 5.41) is 2.47. The number of aromatic nitrogens is 1. The fraction of sp³-hybridized carbons (Fsp3) is 0.333. The van der Waals surface area contributed by atoms with Crippen LogP contribution in [0.2, 0.25) is 0 Å². The Balaban J connectivity index is 0.000000691. The molecule has 0 saturated carbocycles. The van der Waals surface area contributed by atoms with Crippen molar-refractivity contribution in [1.29, 1.82) is 0 Å². The molecule has 0 N–H and O–H groups in total. The number of fused-ring (bicyclic) bond motifs is 3. The second-order valence-corrected chi connectivity index (χ2v) is 10.1. The summed E-state index contributed by atoms with van der Waals surface area (Å²) in [6, 6.07) is 34.5. The Hall–Kier alpha value is -3.34. The number of nitrogens with zero attached hydrogens (tertiary/aromatic N) is 1. The molecule has 0 spiro atoms. The van der Waals surface area contributed by atoms with Crippen LogP contribution < -0.4 is 5.46 Å². The van der Waals surface area contributed by atoms with Gasteiger partial charge in [-0.05, 0) is 68.6 Å². The van der Waals surface area contributed by atoms with Crippen molar-refractivity contribution in [3.8, 4) is 16.8 Å². The minimum Gasteiger partial charge on any atom is -0.399 e. The maximum Gasteiger partial charge on any atom is 0.494 e. The fourth-order valence-electron chi connectivity index (χ4n) is 4.83. The molecule has 3 nitrogen and oxygen atoms in total. The van der Waals surface area contributed by atoms with Gasteiger partial charge in [0.1, 0.15) is 0 Å². The normalized spacial score (nSPS) is 14.9. The predicted molar refractivity (Wildman–Crippen MR) is 176 cm³/mol. The third kappa shape index (κ3) is 5.89. The van der Waals surface area contributed by atoms with Crippen LogP contribution in [-0.2, 0) is 9.31 Å². The van der Waals surface area contributed by atoms with Gasteiger partial charge in [0.2, 0.25) is 0 Å². The van der Waals surface area contributed by atoms with Gasteiger partial charge >= 0.3 is 7.12 Å². The summed E-state index contributed by atoms with van der Waals surface area (Å²) >= 11 is 0. The lowest BCUT2D eigenvalue weighted by molar-refractivity contribution is 0.00578. The van der Waals surface area contributed by atoms with Crippen molar-refractivity contribution in [2.75, 3.05) is 0 Å². The van der Waals surface area contributed by atoms with Crippen molar-refractivity contribution in [1.82, 2.24) is 4.57 Å². The van der Waals surface area contributed by atoms with Crippen molar-refractivity contribution in [2.24, 2.45) is 0 Å². The molecule has 1 aromatic heterocycles. The van der Waals surface area contributed by atoms with E-state index < -0.39 is 0 Å². The molecule has 4 heteroatoms. The third-order valence-corrected chi connectivity index (χ3v) is 7.46. The van der Waals surface area contributed by atoms with Crippen molar-refractivity contribution in [3.63, 3.8) is 0 Å². The summed E-state index contributed by atoms with van der Waals surface area (Å²) in [6.45, 7) is 20.4. The molecule has 0 unspecified atom stereocenters. The van der Waals surface area contributed by atoms with Gasteiger partial charge in [-0.2, -0.15) is 0 Å². The summed E-state index contributed by atoms with van der Waals surface area (Å²) in [5.41, 5.74) is 6.21. The summed E-state index contributed by atoms with van der Waals surface area (Å²) < 4.78 is 15.0. The second-order valence-electron chi connectivity index (χ2n) is 10.1. The molecule has 40 heavy (non-hydrogen) atoms. The molecule has 1 fully saturated rings. The highest BCUT2D eigenvalue weighted by atomic mass is 16.7. The van der Waals surface area contributed by atoms with E-state index in [0.29, 0.717) is 0 Å². The first kappa shape index (κ1) is 31.2. The van der Waals surface area contributed by atoms with Gasteiger partial charge in [-0.1, -0.05) is 114 Å². The highest BCUT2D eigenvalue weighted by molar-refractivity contribution is 6.62. The monoisotopic (exact) mass is 535 g/mol. The largest absolute Gasteiger partial charge is 0.494 e. The van der Waals surface area contributed by atoms with Gasteiger partial charge in [-0.3, -0.25) is 0 Å². The Morgan fingerprint density at radius 1 is 0.525 bits per heavy atom. The van der Waals surface area contributed by atoms with Crippen LogP contribution in [0.5, 0.6) is 0 Å². The molecule has 0 bridgehead atoms. The first-order valence-electron chi connectivity index (χ1n) is 14.9. The van der Waals surface area contributed by atoms with Crippen LogP contribution in [-0.4, -0.2) is 22.9 Å². The molecular weight excluding hydrogens is 489 g/mol. The van der Waals surface area contributed by atoms with E-state index in [2.05, 4.69) is 123 Å². The predicted octanol–water partition coefficient (Wildman–Crippen LogP) is 9.83. The summed E-state index contributed by atoms with van der Waals surface area (Å²) in [5.74, 6) is 0. The quantitative estimate of drug-likeness (QED) is 0.215. The Kier molecular flexibility index (Phi) is 10.4. The van der Waals surface area contributed by atoms with Crippen LogP contribution in [0, 0.1) is 0 Å². The van der Waals surface area contributed by atoms with E-state index in [1.807, 2.05) is 47.6 Å². The van der Waals surface area contributed by atoms with E-state index in [-0.39, 0.29) is 18.3 Å². The van der Waals surface area contributed by atoms with Crippen molar-refractivity contribution < 1.29 is 9.31 Å². The average molecular weight is 536 g/mol. The van der Waals surface area contributed by atoms with Crippen molar-refractivity contribution >= 4 is 34.4 Å². The standard InChI is InChI=1S/C30H28BNO2.3C2H6/c1-29(2)30(3,4)34-31(33-29)23-16-19-26-25-12-8-9-13-27(25)32(28(26)20-23)24-17-14-22(15-18-24)21-10-6-5-7-11-21;3*1-2/h5-20H,1-4H3;3*1-2H3. The molecule has 6 rings (SSSR count). The van der Waals surface area contributed by atoms with Gasteiger partial charge in [-0.25, -0.2) is 0 Å². The number of benzene rings is 4. The van der Waals surface area contributed by atoms with Crippen LogP contribution in [0.4, 0.5) is 0 Å². The summed E-state index contributed by atoms with van der Waals surface area (Å²) in [4.78, 5) is 0. The molecule has 5 aromatic rings. The van der Waals surface area contributed by atoms with E-state index >= 15 is 0 Å². The van der Waals surface area contributed by atoms with Crippen LogP contribution >= 0.6 is 0 Å². The van der Waals surface area contributed by atoms with Crippen molar-refractivity contribution in [3.05, 3.63) is 97.1 Å². The number of rotatable bonds is 3. The number of hydrogen-bond donors (Lipinski definition) is 0. The Morgan fingerprint density at radius 3 is 1.62 bits per heavy atom. The highest BCUT2D eigenvalue weighted by Crippen LogP contribution is 2.37. The molecule has 0 amide bonds. The SMILES string of the molecule is CC.CC.CC.CC1(C)OB(c2ccc3c4ccccc4n(-c4ccc(-c5ccccc5)cc4)c3c2)OC1(C)C. The Morgan fingerprint density at radius 2 is 1.02 bits per heavy atom. The molecular formula is C36H46BNO2. The molecule has 2 heterocycles. The van der Waals surface area contributed by atoms with Crippen molar-refractivity contribution in [2.45, 2.75) is 80.4 Å². The first-order valence-corrected chi connectivity index (χ1v) is 14.9. The van der Waals surface area contributed by atoms with Gasteiger partial charge in [0.05, 0.1) is 22.2 Å². The maximum atomic E-state index is 6.35. The number of hydrogen-bond acceptors (Lipinski definition) is 2. The molecule has 1 aliphatic heterocycles. The van der Waals surface area contributed by atoms with Gasteiger partial charge in [-0.15, -0.1) is 0 Å². The Bertz CT molecular complexity index is 1490. The lowest BCUT2D eigenvalue weighted by Crippen LogP contribution is -2.41. The van der Waals surface area contributed by atoms with E-state index in [1.165, 1.54) is 27.4 Å². The van der Waals surface area contributed by atoms with Gasteiger partial charge in [0.15, 0.2) is 0 Å². The van der Waals surface area contributed by atoms with Gasteiger partial charge in [0.25, 0.3) is 0 Å². The molecule has 1 aliphatic rings. The van der Waals surface area contributed by atoms with Crippen LogP contribution in [0.1, 0.15) is 69.2 Å². The second kappa shape index (κ2) is 13.3. The molecule has 4 aromatic carbocycles.